The van der Waals surface area contributed by atoms with E-state index in [9.17, 15) is 14.4 Å². The SMILES string of the molecule is CCNCCNC(=O)CN(CC(=O)N(C)N1Cc2ccccc2C1)c1cc2c(cc1OC)CCCC2=O. The summed E-state index contributed by atoms with van der Waals surface area (Å²) in [6.45, 7) is 5.22. The number of hydrazine groups is 1. The standard InChI is InChI=1S/C28H37N5O4/c1-4-29-12-13-30-27(35)18-32(24-15-23-20(14-26(24)37-3)10-7-11-25(23)34)19-28(36)31(2)33-16-21-8-5-6-9-22(21)17-33/h5-6,8-9,14-15,29H,4,7,10-13,16-19H2,1-3H3,(H,30,35). The molecule has 0 spiro atoms. The van der Waals surface area contributed by atoms with Crippen LogP contribution >= 0.6 is 0 Å². The lowest BCUT2D eigenvalue weighted by Crippen LogP contribution is -2.48. The molecule has 2 aromatic carbocycles. The number of hydrogen-bond donors (Lipinski definition) is 2. The first-order valence-corrected chi connectivity index (χ1v) is 13.0. The van der Waals surface area contributed by atoms with Gasteiger partial charge in [-0.15, -0.1) is 0 Å². The number of fused-ring (bicyclic) bond motifs is 2. The summed E-state index contributed by atoms with van der Waals surface area (Å²) in [6.07, 6.45) is 2.12. The molecule has 1 heterocycles. The normalized spacial score (nSPS) is 14.6. The number of ketones is 1. The number of anilines is 1. The van der Waals surface area contributed by atoms with Gasteiger partial charge in [0.05, 0.1) is 25.9 Å². The summed E-state index contributed by atoms with van der Waals surface area (Å²) in [4.78, 5) is 40.8. The van der Waals surface area contributed by atoms with Crippen molar-refractivity contribution >= 4 is 23.3 Å². The maximum Gasteiger partial charge on any atom is 0.256 e. The number of hydrogen-bond acceptors (Lipinski definition) is 7. The highest BCUT2D eigenvalue weighted by Gasteiger charge is 2.29. The van der Waals surface area contributed by atoms with E-state index < -0.39 is 0 Å². The quantitative estimate of drug-likeness (QED) is 0.450. The molecule has 0 radical (unpaired) electrons. The molecule has 0 bridgehead atoms. The fourth-order valence-electron chi connectivity index (χ4n) is 4.93. The van der Waals surface area contributed by atoms with Crippen LogP contribution in [0, 0.1) is 0 Å². The van der Waals surface area contributed by atoms with Crippen LogP contribution in [0.15, 0.2) is 36.4 Å². The highest BCUT2D eigenvalue weighted by atomic mass is 16.5. The molecule has 0 unspecified atom stereocenters. The van der Waals surface area contributed by atoms with Crippen molar-refractivity contribution in [3.8, 4) is 5.75 Å². The third kappa shape index (κ3) is 6.29. The number of carbonyl (C=O) groups is 3. The zero-order chi connectivity index (χ0) is 26.4. The van der Waals surface area contributed by atoms with E-state index in [1.807, 2.05) is 30.1 Å². The Bertz CT molecular complexity index is 1130. The van der Waals surface area contributed by atoms with E-state index >= 15 is 0 Å². The maximum absolute atomic E-state index is 13.5. The average molecular weight is 508 g/mol. The van der Waals surface area contributed by atoms with Crippen molar-refractivity contribution in [1.29, 1.82) is 0 Å². The Hall–Kier alpha value is -3.43. The molecule has 4 rings (SSSR count). The van der Waals surface area contributed by atoms with Crippen molar-refractivity contribution in [2.75, 3.05) is 51.8 Å². The summed E-state index contributed by atoms with van der Waals surface area (Å²) in [5, 5.41) is 9.72. The average Bonchev–Trinajstić information content (AvgIpc) is 3.34. The lowest BCUT2D eigenvalue weighted by atomic mass is 9.90. The van der Waals surface area contributed by atoms with Crippen LogP contribution in [-0.2, 0) is 29.1 Å². The van der Waals surface area contributed by atoms with E-state index in [-0.39, 0.29) is 30.7 Å². The van der Waals surface area contributed by atoms with Gasteiger partial charge in [0.15, 0.2) is 5.78 Å². The van der Waals surface area contributed by atoms with Crippen LogP contribution in [-0.4, -0.2) is 74.5 Å². The summed E-state index contributed by atoms with van der Waals surface area (Å²) in [7, 11) is 3.33. The largest absolute Gasteiger partial charge is 0.495 e. The zero-order valence-electron chi connectivity index (χ0n) is 22.0. The Balaban J connectivity index is 1.55. The third-order valence-electron chi connectivity index (χ3n) is 7.04. The lowest BCUT2D eigenvalue weighted by molar-refractivity contribution is -0.145. The van der Waals surface area contributed by atoms with Gasteiger partial charge in [0.25, 0.3) is 5.91 Å². The van der Waals surface area contributed by atoms with Crippen LogP contribution in [0.4, 0.5) is 5.69 Å². The van der Waals surface area contributed by atoms with E-state index in [0.29, 0.717) is 49.6 Å². The van der Waals surface area contributed by atoms with Gasteiger partial charge in [-0.05, 0) is 48.2 Å². The maximum atomic E-state index is 13.5. The Morgan fingerprint density at radius 1 is 1.03 bits per heavy atom. The molecule has 0 atom stereocenters. The van der Waals surface area contributed by atoms with Crippen LogP contribution in [0.2, 0.25) is 0 Å². The number of nitrogens with one attached hydrogen (secondary N) is 2. The van der Waals surface area contributed by atoms with Gasteiger partial charge in [-0.3, -0.25) is 19.4 Å². The zero-order valence-corrected chi connectivity index (χ0v) is 22.0. The molecule has 2 N–H and O–H groups in total. The minimum absolute atomic E-state index is 0.0325. The second-order valence-electron chi connectivity index (χ2n) is 9.53. The molecule has 198 valence electrons. The Kier molecular flexibility index (Phi) is 8.78. The molecule has 37 heavy (non-hydrogen) atoms. The predicted molar refractivity (Wildman–Crippen MR) is 142 cm³/mol. The Labute approximate surface area is 218 Å². The molecule has 0 saturated heterocycles. The van der Waals surface area contributed by atoms with E-state index in [4.69, 9.17) is 4.74 Å². The molecule has 1 aliphatic carbocycles. The number of Topliss-reactive ketones (excluding diaryl/α,β-unsaturated/α-hetero) is 1. The van der Waals surface area contributed by atoms with Crippen molar-refractivity contribution in [3.05, 3.63) is 58.7 Å². The van der Waals surface area contributed by atoms with Gasteiger partial charge >= 0.3 is 0 Å². The number of carbonyl (C=O) groups excluding carboxylic acids is 3. The van der Waals surface area contributed by atoms with Crippen molar-refractivity contribution < 1.29 is 19.1 Å². The van der Waals surface area contributed by atoms with E-state index in [1.54, 1.807) is 30.1 Å². The highest BCUT2D eigenvalue weighted by Crippen LogP contribution is 2.35. The number of methoxy groups -OCH3 is 1. The monoisotopic (exact) mass is 507 g/mol. The molecule has 2 amide bonds. The fraction of sp³-hybridized carbons (Fsp3) is 0.464. The smallest absolute Gasteiger partial charge is 0.256 e. The summed E-state index contributed by atoms with van der Waals surface area (Å²) in [6, 6.07) is 11.8. The van der Waals surface area contributed by atoms with Crippen molar-refractivity contribution in [1.82, 2.24) is 20.7 Å². The van der Waals surface area contributed by atoms with Crippen molar-refractivity contribution in [3.63, 3.8) is 0 Å². The highest BCUT2D eigenvalue weighted by molar-refractivity contribution is 6.00. The molecule has 0 aromatic heterocycles. The number of benzene rings is 2. The summed E-state index contributed by atoms with van der Waals surface area (Å²) in [5.41, 5.74) is 4.58. The molecule has 9 nitrogen and oxygen atoms in total. The molecule has 0 fully saturated rings. The first kappa shape index (κ1) is 26.6. The van der Waals surface area contributed by atoms with E-state index in [1.165, 1.54) is 11.1 Å². The minimum Gasteiger partial charge on any atom is -0.495 e. The number of likely N-dealkylation sites (N-methyl/N-ethyl adjacent to an activating group) is 2. The molecule has 9 heteroatoms. The Morgan fingerprint density at radius 2 is 1.76 bits per heavy atom. The molecular formula is C28H37N5O4. The van der Waals surface area contributed by atoms with Gasteiger partial charge in [0.2, 0.25) is 5.91 Å². The minimum atomic E-state index is -0.201. The number of rotatable bonds is 11. The first-order chi connectivity index (χ1) is 17.9. The lowest BCUT2D eigenvalue weighted by Gasteiger charge is -2.32. The summed E-state index contributed by atoms with van der Waals surface area (Å²) < 4.78 is 5.68. The molecule has 2 aliphatic rings. The Morgan fingerprint density at radius 3 is 2.43 bits per heavy atom. The van der Waals surface area contributed by atoms with E-state index in [0.717, 1.165) is 24.9 Å². The number of amides is 2. The van der Waals surface area contributed by atoms with Crippen LogP contribution in [0.5, 0.6) is 5.75 Å². The van der Waals surface area contributed by atoms with Crippen LogP contribution in [0.1, 0.15) is 46.8 Å². The molecule has 0 saturated carbocycles. The molecule has 1 aliphatic heterocycles. The number of nitrogens with zero attached hydrogens (tertiary/aromatic N) is 3. The van der Waals surface area contributed by atoms with Gasteiger partial charge in [0.1, 0.15) is 5.75 Å². The first-order valence-electron chi connectivity index (χ1n) is 13.0. The van der Waals surface area contributed by atoms with Crippen LogP contribution in [0.3, 0.4) is 0 Å². The second-order valence-corrected chi connectivity index (χ2v) is 9.53. The van der Waals surface area contributed by atoms with Crippen molar-refractivity contribution in [2.45, 2.75) is 39.3 Å². The van der Waals surface area contributed by atoms with Gasteiger partial charge in [0, 0.05) is 45.2 Å². The summed E-state index contributed by atoms with van der Waals surface area (Å²) >= 11 is 0. The fourth-order valence-corrected chi connectivity index (χ4v) is 4.93. The summed E-state index contributed by atoms with van der Waals surface area (Å²) in [5.74, 6) is 0.281. The molecular weight excluding hydrogens is 470 g/mol. The molecule has 2 aromatic rings. The van der Waals surface area contributed by atoms with Gasteiger partial charge in [-0.1, -0.05) is 31.2 Å². The van der Waals surface area contributed by atoms with Gasteiger partial charge in [-0.25, -0.2) is 5.01 Å². The predicted octanol–water partition coefficient (Wildman–Crippen LogP) is 2.14. The number of aryl methyl sites for hydroxylation is 1. The third-order valence-corrected chi connectivity index (χ3v) is 7.04. The van der Waals surface area contributed by atoms with Crippen LogP contribution < -0.4 is 20.3 Å². The topological polar surface area (TPSA) is 94.2 Å². The van der Waals surface area contributed by atoms with Crippen molar-refractivity contribution in [2.24, 2.45) is 0 Å². The van der Waals surface area contributed by atoms with Gasteiger partial charge in [-0.2, -0.15) is 0 Å². The number of ether oxygens (including phenoxy) is 1. The van der Waals surface area contributed by atoms with E-state index in [2.05, 4.69) is 22.8 Å². The van der Waals surface area contributed by atoms with Crippen LogP contribution in [0.25, 0.3) is 0 Å². The van der Waals surface area contributed by atoms with Gasteiger partial charge < -0.3 is 20.3 Å². The second kappa shape index (κ2) is 12.2.